The van der Waals surface area contributed by atoms with E-state index in [1.165, 1.54) is 12.8 Å². The highest BCUT2D eigenvalue weighted by atomic mass is 32.2. The van der Waals surface area contributed by atoms with E-state index in [4.69, 9.17) is 0 Å². The number of aromatic nitrogens is 5. The van der Waals surface area contributed by atoms with Crippen LogP contribution in [0.3, 0.4) is 0 Å². The number of aryl methyl sites for hydroxylation is 1. The molecule has 118 valence electrons. The van der Waals surface area contributed by atoms with Gasteiger partial charge in [-0.1, -0.05) is 17.8 Å². The van der Waals surface area contributed by atoms with Crippen molar-refractivity contribution in [1.29, 1.82) is 0 Å². The average Bonchev–Trinajstić information content (AvgIpc) is 3.30. The van der Waals surface area contributed by atoms with Gasteiger partial charge in [-0.05, 0) is 31.4 Å². The largest absolute Gasteiger partial charge is 0.309 e. The molecule has 1 fully saturated rings. The van der Waals surface area contributed by atoms with Gasteiger partial charge in [0.2, 0.25) is 0 Å². The molecular formula is C16H17N5OS. The van der Waals surface area contributed by atoms with Crippen LogP contribution in [-0.2, 0) is 12.8 Å². The maximum Gasteiger partial charge on any atom is 0.258 e. The summed E-state index contributed by atoms with van der Waals surface area (Å²) in [5.74, 6) is 2.25. The van der Waals surface area contributed by atoms with Crippen LogP contribution in [-0.4, -0.2) is 24.1 Å². The Hall–Kier alpha value is -2.15. The topological polar surface area (TPSA) is 65.1 Å². The molecule has 0 unspecified atom stereocenters. The molecule has 3 aromatic heterocycles. The third-order valence-corrected chi connectivity index (χ3v) is 5.07. The number of fused-ring (bicyclic) bond motifs is 1. The summed E-state index contributed by atoms with van der Waals surface area (Å²) in [6, 6.07) is 5.43. The van der Waals surface area contributed by atoms with E-state index in [1.54, 1.807) is 22.2 Å². The summed E-state index contributed by atoms with van der Waals surface area (Å²) in [5, 5.41) is 9.40. The van der Waals surface area contributed by atoms with Crippen LogP contribution in [0.5, 0.6) is 0 Å². The lowest BCUT2D eigenvalue weighted by atomic mass is 10.3. The number of hydrogen-bond donors (Lipinski definition) is 0. The lowest BCUT2D eigenvalue weighted by Crippen LogP contribution is -2.15. The van der Waals surface area contributed by atoms with Crippen LogP contribution < -0.4 is 5.56 Å². The van der Waals surface area contributed by atoms with E-state index in [1.807, 2.05) is 32.3 Å². The molecule has 1 aliphatic carbocycles. The number of pyridine rings is 1. The quantitative estimate of drug-likeness (QED) is 0.688. The van der Waals surface area contributed by atoms with Crippen LogP contribution in [0.4, 0.5) is 0 Å². The molecule has 23 heavy (non-hydrogen) atoms. The molecule has 7 heteroatoms. The lowest BCUT2D eigenvalue weighted by Gasteiger charge is -2.05. The number of nitrogens with zero attached hydrogens (tertiary/aromatic N) is 5. The third kappa shape index (κ3) is 2.76. The monoisotopic (exact) mass is 327 g/mol. The summed E-state index contributed by atoms with van der Waals surface area (Å²) in [7, 11) is 2.00. The Bertz CT molecular complexity index is 941. The Balaban J connectivity index is 1.58. The minimum atomic E-state index is -0.0501. The average molecular weight is 327 g/mol. The number of rotatable bonds is 4. The van der Waals surface area contributed by atoms with Crippen LogP contribution in [0.15, 0.2) is 34.3 Å². The second-order valence-electron chi connectivity index (χ2n) is 5.98. The molecule has 1 saturated carbocycles. The second-order valence-corrected chi connectivity index (χ2v) is 6.93. The standard InChI is InChI=1S/C16H17N5OS/c1-10-3-6-13-17-12(7-14(22)21(13)8-10)9-23-16-19-18-15(20(16)2)11-4-5-11/h3,6-8,11H,4-5,9H2,1-2H3. The normalized spacial score (nSPS) is 14.5. The molecule has 0 aromatic carbocycles. The second kappa shape index (κ2) is 5.49. The van der Waals surface area contributed by atoms with Gasteiger partial charge >= 0.3 is 0 Å². The highest BCUT2D eigenvalue weighted by Gasteiger charge is 2.29. The number of hydrogen-bond acceptors (Lipinski definition) is 5. The van der Waals surface area contributed by atoms with E-state index >= 15 is 0 Å². The van der Waals surface area contributed by atoms with Crippen LogP contribution >= 0.6 is 11.8 Å². The van der Waals surface area contributed by atoms with E-state index in [0.717, 1.165) is 22.2 Å². The zero-order valence-corrected chi connectivity index (χ0v) is 13.9. The van der Waals surface area contributed by atoms with Gasteiger partial charge in [0.15, 0.2) is 5.16 Å². The summed E-state index contributed by atoms with van der Waals surface area (Å²) < 4.78 is 3.64. The summed E-state index contributed by atoms with van der Waals surface area (Å²) in [6.07, 6.45) is 4.23. The van der Waals surface area contributed by atoms with Crippen LogP contribution in [0, 0.1) is 6.92 Å². The van der Waals surface area contributed by atoms with E-state index < -0.39 is 0 Å². The van der Waals surface area contributed by atoms with Crippen molar-refractivity contribution in [3.63, 3.8) is 0 Å². The molecule has 0 bridgehead atoms. The lowest BCUT2D eigenvalue weighted by molar-refractivity contribution is 0.736. The molecule has 0 atom stereocenters. The van der Waals surface area contributed by atoms with Gasteiger partial charge < -0.3 is 4.57 Å². The molecule has 0 N–H and O–H groups in total. The van der Waals surface area contributed by atoms with Crippen molar-refractivity contribution >= 4 is 17.4 Å². The Labute approximate surface area is 137 Å². The van der Waals surface area contributed by atoms with Crippen molar-refractivity contribution < 1.29 is 0 Å². The predicted octanol–water partition coefficient (Wildman–Crippen LogP) is 2.30. The SMILES string of the molecule is Cc1ccc2nc(CSc3nnc(C4CC4)n3C)cc(=O)n2c1. The summed E-state index contributed by atoms with van der Waals surface area (Å²) in [4.78, 5) is 16.8. The van der Waals surface area contributed by atoms with Crippen molar-refractivity contribution in [3.05, 3.63) is 51.8 Å². The van der Waals surface area contributed by atoms with E-state index in [9.17, 15) is 4.79 Å². The van der Waals surface area contributed by atoms with Gasteiger partial charge in [-0.15, -0.1) is 10.2 Å². The highest BCUT2D eigenvalue weighted by Crippen LogP contribution is 2.39. The molecule has 0 spiro atoms. The molecule has 6 nitrogen and oxygen atoms in total. The molecular weight excluding hydrogens is 310 g/mol. The molecule has 3 aromatic rings. The van der Waals surface area contributed by atoms with Gasteiger partial charge in [0, 0.05) is 31.0 Å². The van der Waals surface area contributed by atoms with Gasteiger partial charge in [-0.25, -0.2) is 4.98 Å². The molecule has 0 saturated heterocycles. The van der Waals surface area contributed by atoms with E-state index in [2.05, 4.69) is 19.7 Å². The van der Waals surface area contributed by atoms with Crippen molar-refractivity contribution in [2.24, 2.45) is 7.05 Å². The maximum absolute atomic E-state index is 12.2. The fraction of sp³-hybridized carbons (Fsp3) is 0.375. The van der Waals surface area contributed by atoms with Gasteiger partial charge in [0.05, 0.1) is 5.69 Å². The minimum Gasteiger partial charge on any atom is -0.309 e. The number of thioether (sulfide) groups is 1. The first kappa shape index (κ1) is 14.4. The fourth-order valence-corrected chi connectivity index (χ4v) is 3.43. The summed E-state index contributed by atoms with van der Waals surface area (Å²) in [5.41, 5.74) is 2.43. The van der Waals surface area contributed by atoms with Crippen LogP contribution in [0.1, 0.15) is 35.8 Å². The van der Waals surface area contributed by atoms with Gasteiger partial charge in [0.25, 0.3) is 5.56 Å². The predicted molar refractivity (Wildman–Crippen MR) is 88.7 cm³/mol. The first-order valence-electron chi connectivity index (χ1n) is 7.63. The fourth-order valence-electron chi connectivity index (χ4n) is 2.62. The van der Waals surface area contributed by atoms with E-state index in [0.29, 0.717) is 17.3 Å². The molecule has 0 radical (unpaired) electrons. The van der Waals surface area contributed by atoms with Crippen LogP contribution in [0.2, 0.25) is 0 Å². The van der Waals surface area contributed by atoms with Gasteiger partial charge in [-0.3, -0.25) is 9.20 Å². The third-order valence-electron chi connectivity index (χ3n) is 4.02. The Morgan fingerprint density at radius 3 is 2.91 bits per heavy atom. The van der Waals surface area contributed by atoms with Crippen molar-refractivity contribution in [2.45, 2.75) is 36.6 Å². The molecule has 4 rings (SSSR count). The Morgan fingerprint density at radius 2 is 2.13 bits per heavy atom. The van der Waals surface area contributed by atoms with Gasteiger partial charge in [-0.2, -0.15) is 0 Å². The van der Waals surface area contributed by atoms with Crippen LogP contribution in [0.25, 0.3) is 5.65 Å². The zero-order valence-electron chi connectivity index (χ0n) is 13.1. The summed E-state index contributed by atoms with van der Waals surface area (Å²) in [6.45, 7) is 1.96. The molecule has 0 amide bonds. The maximum atomic E-state index is 12.2. The molecule has 3 heterocycles. The molecule has 0 aliphatic heterocycles. The first-order chi connectivity index (χ1) is 11.1. The zero-order chi connectivity index (χ0) is 16.0. The minimum absolute atomic E-state index is 0.0501. The molecule has 1 aliphatic rings. The van der Waals surface area contributed by atoms with Crippen molar-refractivity contribution in [2.75, 3.05) is 0 Å². The first-order valence-corrected chi connectivity index (χ1v) is 8.61. The summed E-state index contributed by atoms with van der Waals surface area (Å²) >= 11 is 1.57. The highest BCUT2D eigenvalue weighted by molar-refractivity contribution is 7.98. The van der Waals surface area contributed by atoms with E-state index in [-0.39, 0.29) is 5.56 Å². The Kier molecular flexibility index (Phi) is 3.45. The van der Waals surface area contributed by atoms with Crippen molar-refractivity contribution in [1.82, 2.24) is 24.1 Å². The smallest absolute Gasteiger partial charge is 0.258 e. The Morgan fingerprint density at radius 1 is 1.30 bits per heavy atom. The van der Waals surface area contributed by atoms with Gasteiger partial charge in [0.1, 0.15) is 11.5 Å². The van der Waals surface area contributed by atoms with Crippen molar-refractivity contribution in [3.8, 4) is 0 Å².